The molecule has 0 aromatic heterocycles. The van der Waals surface area contributed by atoms with Gasteiger partial charge in [0.1, 0.15) is 5.75 Å². The summed E-state index contributed by atoms with van der Waals surface area (Å²) < 4.78 is 5.33. The predicted octanol–water partition coefficient (Wildman–Crippen LogP) is 1.62. The number of carbonyl (C=O) groups is 1. The van der Waals surface area contributed by atoms with Crippen molar-refractivity contribution in [1.82, 2.24) is 4.90 Å². The Bertz CT molecular complexity index is 440. The van der Waals surface area contributed by atoms with Gasteiger partial charge in [0.05, 0.1) is 7.11 Å². The molecule has 2 rings (SSSR count). The number of para-hydroxylation sites is 1. The highest BCUT2D eigenvalue weighted by atomic mass is 16.5. The highest BCUT2D eigenvalue weighted by Gasteiger charge is 2.35. The van der Waals surface area contributed by atoms with Gasteiger partial charge < -0.3 is 20.5 Å². The first-order valence-electron chi connectivity index (χ1n) is 5.97. The lowest BCUT2D eigenvalue weighted by atomic mass is 9.81. The van der Waals surface area contributed by atoms with Crippen molar-refractivity contribution >= 4 is 6.09 Å². The van der Waals surface area contributed by atoms with E-state index in [4.69, 9.17) is 15.6 Å². The van der Waals surface area contributed by atoms with Crippen molar-refractivity contribution in [3.05, 3.63) is 29.8 Å². The molecule has 1 saturated heterocycles. The van der Waals surface area contributed by atoms with Crippen LogP contribution in [0.3, 0.4) is 0 Å². The number of likely N-dealkylation sites (tertiary alicyclic amines) is 1. The molecule has 5 nitrogen and oxygen atoms in total. The van der Waals surface area contributed by atoms with Crippen LogP contribution in [0, 0.1) is 0 Å². The number of methoxy groups -OCH3 is 1. The fourth-order valence-corrected chi connectivity index (χ4v) is 2.42. The molecule has 0 radical (unpaired) electrons. The lowest BCUT2D eigenvalue weighted by Crippen LogP contribution is -2.49. The summed E-state index contributed by atoms with van der Waals surface area (Å²) in [5.41, 5.74) is 6.87. The van der Waals surface area contributed by atoms with Crippen molar-refractivity contribution in [1.29, 1.82) is 0 Å². The summed E-state index contributed by atoms with van der Waals surface area (Å²) in [6.07, 6.45) is 0.344. The Morgan fingerprint density at radius 1 is 1.39 bits per heavy atom. The number of amides is 1. The molecule has 3 N–H and O–H groups in total. The lowest BCUT2D eigenvalue weighted by molar-refractivity contribution is 0.116. The van der Waals surface area contributed by atoms with Crippen LogP contribution >= 0.6 is 0 Å². The van der Waals surface area contributed by atoms with Gasteiger partial charge in [-0.15, -0.1) is 0 Å². The van der Waals surface area contributed by atoms with Crippen LogP contribution in [0.1, 0.15) is 18.4 Å². The van der Waals surface area contributed by atoms with Crippen molar-refractivity contribution in [2.45, 2.75) is 18.4 Å². The second-order valence-electron chi connectivity index (χ2n) is 4.63. The molecule has 1 aromatic rings. The average Bonchev–Trinajstić information content (AvgIpc) is 2.39. The van der Waals surface area contributed by atoms with Gasteiger partial charge in [0, 0.05) is 24.2 Å². The number of piperidine rings is 1. The maximum atomic E-state index is 10.9. The molecule has 5 heteroatoms. The Morgan fingerprint density at radius 3 is 2.56 bits per heavy atom. The molecule has 0 spiro atoms. The fourth-order valence-electron chi connectivity index (χ4n) is 2.42. The van der Waals surface area contributed by atoms with Gasteiger partial charge in [0.15, 0.2) is 0 Å². The van der Waals surface area contributed by atoms with E-state index in [0.717, 1.165) is 11.3 Å². The van der Waals surface area contributed by atoms with E-state index in [0.29, 0.717) is 25.9 Å². The van der Waals surface area contributed by atoms with E-state index in [-0.39, 0.29) is 0 Å². The number of ether oxygens (including phenoxy) is 1. The number of nitrogens with zero attached hydrogens (tertiary/aromatic N) is 1. The molecule has 1 amide bonds. The van der Waals surface area contributed by atoms with E-state index in [2.05, 4.69) is 0 Å². The molecule has 1 aliphatic rings. The number of hydrogen-bond acceptors (Lipinski definition) is 3. The Morgan fingerprint density at radius 2 is 2.00 bits per heavy atom. The molecule has 1 aromatic carbocycles. The molecule has 0 saturated carbocycles. The zero-order valence-corrected chi connectivity index (χ0v) is 10.4. The van der Waals surface area contributed by atoms with Crippen LogP contribution in [0.5, 0.6) is 5.75 Å². The van der Waals surface area contributed by atoms with Gasteiger partial charge in [-0.2, -0.15) is 0 Å². The molecule has 0 bridgehead atoms. The fraction of sp³-hybridized carbons (Fsp3) is 0.462. The number of benzene rings is 1. The molecule has 0 aliphatic carbocycles. The first-order valence-corrected chi connectivity index (χ1v) is 5.97. The number of carboxylic acid groups (broad SMARTS) is 1. The number of nitrogens with two attached hydrogens (primary N) is 1. The second-order valence-corrected chi connectivity index (χ2v) is 4.63. The summed E-state index contributed by atoms with van der Waals surface area (Å²) in [6, 6.07) is 7.66. The summed E-state index contributed by atoms with van der Waals surface area (Å²) in [5.74, 6) is 0.767. The van der Waals surface area contributed by atoms with E-state index < -0.39 is 11.6 Å². The van der Waals surface area contributed by atoms with Gasteiger partial charge in [0.25, 0.3) is 0 Å². The lowest BCUT2D eigenvalue weighted by Gasteiger charge is -2.39. The van der Waals surface area contributed by atoms with Crippen molar-refractivity contribution in [3.8, 4) is 5.75 Å². The van der Waals surface area contributed by atoms with Crippen LogP contribution in [0.25, 0.3) is 0 Å². The topological polar surface area (TPSA) is 75.8 Å². The first-order chi connectivity index (χ1) is 8.57. The molecule has 1 aliphatic heterocycles. The highest BCUT2D eigenvalue weighted by molar-refractivity contribution is 5.65. The van der Waals surface area contributed by atoms with E-state index >= 15 is 0 Å². The van der Waals surface area contributed by atoms with Gasteiger partial charge in [-0.25, -0.2) is 4.79 Å². The Kier molecular flexibility index (Phi) is 3.43. The summed E-state index contributed by atoms with van der Waals surface area (Å²) >= 11 is 0. The van der Waals surface area contributed by atoms with E-state index in [9.17, 15) is 4.79 Å². The summed E-state index contributed by atoms with van der Waals surface area (Å²) in [4.78, 5) is 12.3. The van der Waals surface area contributed by atoms with Crippen LogP contribution in [0.15, 0.2) is 24.3 Å². The van der Waals surface area contributed by atoms with Crippen LogP contribution in [-0.2, 0) is 5.54 Å². The summed E-state index contributed by atoms with van der Waals surface area (Å²) in [6.45, 7) is 0.924. The van der Waals surface area contributed by atoms with E-state index in [1.807, 2.05) is 24.3 Å². The third-order valence-corrected chi connectivity index (χ3v) is 3.57. The monoisotopic (exact) mass is 250 g/mol. The quantitative estimate of drug-likeness (QED) is 0.836. The van der Waals surface area contributed by atoms with Crippen LogP contribution in [0.2, 0.25) is 0 Å². The zero-order valence-electron chi connectivity index (χ0n) is 10.4. The average molecular weight is 250 g/mol. The molecule has 0 unspecified atom stereocenters. The van der Waals surface area contributed by atoms with Crippen molar-refractivity contribution in [3.63, 3.8) is 0 Å². The van der Waals surface area contributed by atoms with Crippen molar-refractivity contribution in [2.24, 2.45) is 5.73 Å². The first kappa shape index (κ1) is 12.7. The van der Waals surface area contributed by atoms with Crippen molar-refractivity contribution < 1.29 is 14.6 Å². The maximum absolute atomic E-state index is 10.9. The second kappa shape index (κ2) is 4.86. The minimum Gasteiger partial charge on any atom is -0.496 e. The molecule has 98 valence electrons. The predicted molar refractivity (Wildman–Crippen MR) is 67.7 cm³/mol. The van der Waals surface area contributed by atoms with Crippen LogP contribution < -0.4 is 10.5 Å². The Hall–Kier alpha value is -1.75. The largest absolute Gasteiger partial charge is 0.496 e. The number of rotatable bonds is 2. The van der Waals surface area contributed by atoms with Gasteiger partial charge in [-0.3, -0.25) is 0 Å². The Labute approximate surface area is 106 Å². The minimum absolute atomic E-state index is 0.462. The summed E-state index contributed by atoms with van der Waals surface area (Å²) in [5, 5.41) is 8.94. The molecule has 1 fully saturated rings. The van der Waals surface area contributed by atoms with Crippen LogP contribution in [-0.4, -0.2) is 36.3 Å². The van der Waals surface area contributed by atoms with E-state index in [1.54, 1.807) is 7.11 Å². The zero-order chi connectivity index (χ0) is 13.2. The molecular weight excluding hydrogens is 232 g/mol. The van der Waals surface area contributed by atoms with Gasteiger partial charge >= 0.3 is 6.09 Å². The van der Waals surface area contributed by atoms with Gasteiger partial charge in [0.2, 0.25) is 0 Å². The Balaban J connectivity index is 2.20. The standard InChI is InChI=1S/C13H18N2O3/c1-18-11-5-3-2-4-10(11)13(14)6-8-15(9-7-13)12(16)17/h2-5H,6-9,14H2,1H3,(H,16,17). The van der Waals surface area contributed by atoms with Crippen molar-refractivity contribution in [2.75, 3.05) is 20.2 Å². The maximum Gasteiger partial charge on any atom is 0.407 e. The molecular formula is C13H18N2O3. The summed E-state index contributed by atoms with van der Waals surface area (Å²) in [7, 11) is 1.62. The number of hydrogen-bond donors (Lipinski definition) is 2. The normalized spacial score (nSPS) is 18.4. The highest BCUT2D eigenvalue weighted by Crippen LogP contribution is 2.35. The van der Waals surface area contributed by atoms with Gasteiger partial charge in [-0.05, 0) is 18.9 Å². The third-order valence-electron chi connectivity index (χ3n) is 3.57. The van der Waals surface area contributed by atoms with E-state index in [1.165, 1.54) is 4.90 Å². The molecule has 0 atom stereocenters. The SMILES string of the molecule is COc1ccccc1C1(N)CCN(C(=O)O)CC1. The van der Waals surface area contributed by atoms with Crippen LogP contribution in [0.4, 0.5) is 4.79 Å². The minimum atomic E-state index is -0.878. The molecule has 1 heterocycles. The van der Waals surface area contributed by atoms with Gasteiger partial charge in [-0.1, -0.05) is 18.2 Å². The smallest absolute Gasteiger partial charge is 0.407 e. The molecule has 18 heavy (non-hydrogen) atoms. The third kappa shape index (κ3) is 2.26.